The molecule has 0 radical (unpaired) electrons. The van der Waals surface area contributed by atoms with Crippen LogP contribution in [0.4, 0.5) is 14.5 Å². The highest BCUT2D eigenvalue weighted by molar-refractivity contribution is 6.00. The zero-order valence-corrected chi connectivity index (χ0v) is 16.2. The van der Waals surface area contributed by atoms with Crippen molar-refractivity contribution in [2.24, 2.45) is 7.05 Å². The van der Waals surface area contributed by atoms with Gasteiger partial charge in [0, 0.05) is 24.9 Å². The highest BCUT2D eigenvalue weighted by Crippen LogP contribution is 2.31. The molecule has 2 heterocycles. The molecule has 0 saturated heterocycles. The zero-order valence-electron chi connectivity index (χ0n) is 16.2. The highest BCUT2D eigenvalue weighted by Gasteiger charge is 2.23. The van der Waals surface area contributed by atoms with Gasteiger partial charge in [0.05, 0.1) is 17.3 Å². The quantitative estimate of drug-likeness (QED) is 0.689. The number of ether oxygens (including phenoxy) is 1. The van der Waals surface area contributed by atoms with Gasteiger partial charge in [-0.25, -0.2) is 8.78 Å². The molecule has 4 rings (SSSR count). The molecule has 154 valence electrons. The Hall–Kier alpha value is -3.75. The van der Waals surface area contributed by atoms with Crippen molar-refractivity contribution in [1.29, 1.82) is 0 Å². The molecule has 0 spiro atoms. The fraction of sp³-hybridized carbons (Fsp3) is 0.190. The molecular weight excluding hydrogens is 394 g/mol. The number of carbonyl (C=O) groups is 2. The van der Waals surface area contributed by atoms with Crippen molar-refractivity contribution in [2.75, 3.05) is 11.9 Å². The van der Waals surface area contributed by atoms with E-state index in [1.54, 1.807) is 32.2 Å². The van der Waals surface area contributed by atoms with Crippen LogP contribution in [-0.2, 0) is 11.8 Å². The molecular formula is C21H18F2N4O3. The summed E-state index contributed by atoms with van der Waals surface area (Å²) in [6, 6.07) is 7.91. The molecule has 7 nitrogen and oxygen atoms in total. The van der Waals surface area contributed by atoms with E-state index in [1.165, 1.54) is 16.9 Å². The van der Waals surface area contributed by atoms with Crippen molar-refractivity contribution < 1.29 is 23.1 Å². The van der Waals surface area contributed by atoms with Crippen LogP contribution in [-0.4, -0.2) is 28.2 Å². The van der Waals surface area contributed by atoms with Crippen LogP contribution in [0.5, 0.6) is 5.75 Å². The minimum absolute atomic E-state index is 0.0310. The van der Waals surface area contributed by atoms with Gasteiger partial charge in [-0.1, -0.05) is 6.07 Å². The lowest BCUT2D eigenvalue weighted by Gasteiger charge is -2.21. The Morgan fingerprint density at radius 3 is 2.83 bits per heavy atom. The maximum absolute atomic E-state index is 14.2. The lowest BCUT2D eigenvalue weighted by Crippen LogP contribution is -2.28. The summed E-state index contributed by atoms with van der Waals surface area (Å²) in [6.45, 7) is 1.74. The molecule has 0 bridgehead atoms. The van der Waals surface area contributed by atoms with Crippen molar-refractivity contribution in [2.45, 2.75) is 13.0 Å². The summed E-state index contributed by atoms with van der Waals surface area (Å²) in [5.41, 5.74) is 1.57. The van der Waals surface area contributed by atoms with Gasteiger partial charge in [0.2, 0.25) is 0 Å². The SMILES string of the molecule is CC(NC(=O)c1cn(C)nc1-c1ccc(F)cc1F)c1ccc2c(c1)NC(=O)CO2. The number of halogens is 2. The minimum Gasteiger partial charge on any atom is -0.482 e. The number of aryl methyl sites for hydroxylation is 1. The molecule has 1 aromatic heterocycles. The van der Waals surface area contributed by atoms with E-state index < -0.39 is 23.6 Å². The van der Waals surface area contributed by atoms with Gasteiger partial charge in [-0.05, 0) is 36.8 Å². The Morgan fingerprint density at radius 1 is 1.27 bits per heavy atom. The maximum Gasteiger partial charge on any atom is 0.262 e. The second kappa shape index (κ2) is 7.58. The number of nitrogens with zero attached hydrogens (tertiary/aromatic N) is 2. The van der Waals surface area contributed by atoms with E-state index in [0.717, 1.165) is 17.7 Å². The third-order valence-electron chi connectivity index (χ3n) is 4.74. The number of nitrogens with one attached hydrogen (secondary N) is 2. The van der Waals surface area contributed by atoms with E-state index in [9.17, 15) is 18.4 Å². The summed E-state index contributed by atoms with van der Waals surface area (Å²) in [5.74, 6) is -1.68. The topological polar surface area (TPSA) is 85.3 Å². The second-order valence-corrected chi connectivity index (χ2v) is 6.98. The van der Waals surface area contributed by atoms with Crippen molar-refractivity contribution in [3.05, 3.63) is 65.4 Å². The first kappa shape index (κ1) is 19.6. The largest absolute Gasteiger partial charge is 0.482 e. The van der Waals surface area contributed by atoms with Crippen LogP contribution in [0.3, 0.4) is 0 Å². The van der Waals surface area contributed by atoms with Gasteiger partial charge in [0.15, 0.2) is 6.61 Å². The zero-order chi connectivity index (χ0) is 21.4. The van der Waals surface area contributed by atoms with Crippen LogP contribution >= 0.6 is 0 Å². The Bertz CT molecular complexity index is 1160. The highest BCUT2D eigenvalue weighted by atomic mass is 19.1. The van der Waals surface area contributed by atoms with Crippen LogP contribution in [0.2, 0.25) is 0 Å². The average Bonchev–Trinajstić information content (AvgIpc) is 3.08. The lowest BCUT2D eigenvalue weighted by molar-refractivity contribution is -0.118. The number of hydrogen-bond donors (Lipinski definition) is 2. The number of carbonyl (C=O) groups excluding carboxylic acids is 2. The monoisotopic (exact) mass is 412 g/mol. The fourth-order valence-corrected chi connectivity index (χ4v) is 3.26. The molecule has 0 fully saturated rings. The predicted molar refractivity (Wildman–Crippen MR) is 105 cm³/mol. The van der Waals surface area contributed by atoms with Gasteiger partial charge < -0.3 is 15.4 Å². The van der Waals surface area contributed by atoms with Gasteiger partial charge in [-0.2, -0.15) is 5.10 Å². The normalized spacial score (nSPS) is 13.8. The molecule has 1 aliphatic heterocycles. The number of aromatic nitrogens is 2. The number of benzene rings is 2. The Labute approximate surface area is 170 Å². The summed E-state index contributed by atoms with van der Waals surface area (Å²) in [4.78, 5) is 24.4. The number of amides is 2. The first-order valence-corrected chi connectivity index (χ1v) is 9.18. The molecule has 3 aromatic rings. The van der Waals surface area contributed by atoms with Crippen molar-refractivity contribution in [3.8, 4) is 17.0 Å². The van der Waals surface area contributed by atoms with Crippen LogP contribution in [0.15, 0.2) is 42.6 Å². The Kier molecular flexibility index (Phi) is 4.94. The van der Waals surface area contributed by atoms with E-state index >= 15 is 0 Å². The van der Waals surface area contributed by atoms with Crippen molar-refractivity contribution in [1.82, 2.24) is 15.1 Å². The smallest absolute Gasteiger partial charge is 0.262 e. The van der Waals surface area contributed by atoms with E-state index in [4.69, 9.17) is 4.74 Å². The summed E-state index contributed by atoms with van der Waals surface area (Å²) >= 11 is 0. The molecule has 30 heavy (non-hydrogen) atoms. The molecule has 2 aromatic carbocycles. The lowest BCUT2D eigenvalue weighted by atomic mass is 10.0. The number of fused-ring (bicyclic) bond motifs is 1. The summed E-state index contributed by atoms with van der Waals surface area (Å²) in [6.07, 6.45) is 1.47. The third kappa shape index (κ3) is 3.73. The molecule has 2 amide bonds. The van der Waals surface area contributed by atoms with Crippen LogP contribution < -0.4 is 15.4 Å². The van der Waals surface area contributed by atoms with Crippen LogP contribution in [0.25, 0.3) is 11.3 Å². The standard InChI is InChI=1S/C21H18F2N4O3/c1-11(12-3-6-18-17(7-12)25-19(28)10-30-18)24-21(29)15-9-27(2)26-20(15)14-5-4-13(22)8-16(14)23/h3-9,11H,10H2,1-2H3,(H,24,29)(H,25,28). The summed E-state index contributed by atoms with van der Waals surface area (Å²) < 4.78 is 34.2. The van der Waals surface area contributed by atoms with E-state index in [2.05, 4.69) is 15.7 Å². The molecule has 0 aliphatic carbocycles. The average molecular weight is 412 g/mol. The van der Waals surface area contributed by atoms with Gasteiger partial charge in [-0.15, -0.1) is 0 Å². The fourth-order valence-electron chi connectivity index (χ4n) is 3.26. The van der Waals surface area contributed by atoms with Crippen molar-refractivity contribution in [3.63, 3.8) is 0 Å². The number of rotatable bonds is 4. The van der Waals surface area contributed by atoms with Crippen LogP contribution in [0.1, 0.15) is 28.9 Å². The van der Waals surface area contributed by atoms with E-state index in [1.807, 2.05) is 0 Å². The Morgan fingerprint density at radius 2 is 2.07 bits per heavy atom. The number of anilines is 1. The molecule has 2 N–H and O–H groups in total. The maximum atomic E-state index is 14.2. The minimum atomic E-state index is -0.804. The van der Waals surface area contributed by atoms with E-state index in [-0.39, 0.29) is 29.3 Å². The van der Waals surface area contributed by atoms with Crippen LogP contribution in [0, 0.1) is 11.6 Å². The van der Waals surface area contributed by atoms with Gasteiger partial charge in [0.1, 0.15) is 23.1 Å². The first-order valence-electron chi connectivity index (χ1n) is 9.18. The molecule has 0 saturated carbocycles. The Balaban J connectivity index is 1.59. The predicted octanol–water partition coefficient (Wildman–Crippen LogP) is 3.19. The second-order valence-electron chi connectivity index (χ2n) is 6.98. The number of hydrogen-bond acceptors (Lipinski definition) is 4. The van der Waals surface area contributed by atoms with Gasteiger partial charge in [-0.3, -0.25) is 14.3 Å². The molecule has 1 unspecified atom stereocenters. The van der Waals surface area contributed by atoms with E-state index in [0.29, 0.717) is 11.4 Å². The van der Waals surface area contributed by atoms with Gasteiger partial charge >= 0.3 is 0 Å². The summed E-state index contributed by atoms with van der Waals surface area (Å²) in [5, 5.41) is 9.73. The van der Waals surface area contributed by atoms with Gasteiger partial charge in [0.25, 0.3) is 11.8 Å². The first-order chi connectivity index (χ1) is 14.3. The summed E-state index contributed by atoms with van der Waals surface area (Å²) in [7, 11) is 1.61. The molecule has 9 heteroatoms. The third-order valence-corrected chi connectivity index (χ3v) is 4.74. The van der Waals surface area contributed by atoms with Crippen molar-refractivity contribution >= 4 is 17.5 Å². The molecule has 1 aliphatic rings. The molecule has 1 atom stereocenters.